The number of hydrogen-bond donors (Lipinski definition) is 1. The number of imide groups is 1. The van der Waals surface area contributed by atoms with Crippen molar-refractivity contribution in [3.63, 3.8) is 0 Å². The van der Waals surface area contributed by atoms with E-state index < -0.39 is 0 Å². The Bertz CT molecular complexity index is 445. The van der Waals surface area contributed by atoms with E-state index in [0.717, 1.165) is 4.47 Å². The molecule has 0 aliphatic carbocycles. The quantitative estimate of drug-likeness (QED) is 0.804. The lowest BCUT2D eigenvalue weighted by Crippen LogP contribution is -2.37. The third-order valence-electron chi connectivity index (χ3n) is 2.54. The second-order valence-electron chi connectivity index (χ2n) is 3.74. The summed E-state index contributed by atoms with van der Waals surface area (Å²) in [5.74, 6) is -1.22. The Labute approximate surface area is 100 Å². The standard InChI is InChI=1S/C11H9BrFNO2/c12-9-2-1-7(13)5-8(9)6-3-10(15)14-11(16)4-6/h1-2,5-6H,3-4H2,(H,14,15,16). The Morgan fingerprint density at radius 1 is 1.25 bits per heavy atom. The van der Waals surface area contributed by atoms with E-state index in [2.05, 4.69) is 21.2 Å². The number of carbonyl (C=O) groups excluding carboxylic acids is 2. The SMILES string of the molecule is O=C1CC(c2cc(F)ccc2Br)CC(=O)N1. The molecule has 3 nitrogen and oxygen atoms in total. The van der Waals surface area contributed by atoms with Gasteiger partial charge in [0.1, 0.15) is 5.82 Å². The van der Waals surface area contributed by atoms with Crippen molar-refractivity contribution >= 4 is 27.7 Å². The van der Waals surface area contributed by atoms with Gasteiger partial charge in [-0.15, -0.1) is 0 Å². The van der Waals surface area contributed by atoms with Crippen molar-refractivity contribution in [2.45, 2.75) is 18.8 Å². The molecule has 0 spiro atoms. The van der Waals surface area contributed by atoms with Crippen LogP contribution in [0.4, 0.5) is 4.39 Å². The van der Waals surface area contributed by atoms with Gasteiger partial charge in [0, 0.05) is 23.2 Å². The Morgan fingerprint density at radius 2 is 1.88 bits per heavy atom. The van der Waals surface area contributed by atoms with E-state index in [1.165, 1.54) is 12.1 Å². The molecule has 1 heterocycles. The van der Waals surface area contributed by atoms with E-state index in [9.17, 15) is 14.0 Å². The molecule has 1 aromatic rings. The molecule has 0 atom stereocenters. The number of halogens is 2. The lowest BCUT2D eigenvalue weighted by Gasteiger charge is -2.22. The van der Waals surface area contributed by atoms with Crippen molar-refractivity contribution in [3.8, 4) is 0 Å². The summed E-state index contributed by atoms with van der Waals surface area (Å²) in [6.07, 6.45) is 0.432. The molecule has 1 fully saturated rings. The maximum absolute atomic E-state index is 13.1. The first kappa shape index (κ1) is 11.3. The van der Waals surface area contributed by atoms with Gasteiger partial charge in [-0.2, -0.15) is 0 Å². The first-order valence-electron chi connectivity index (χ1n) is 4.84. The number of hydrogen-bond acceptors (Lipinski definition) is 2. The molecular formula is C11H9BrFNO2. The monoisotopic (exact) mass is 285 g/mol. The normalized spacial score (nSPS) is 17.4. The van der Waals surface area contributed by atoms with Crippen LogP contribution in [0.15, 0.2) is 22.7 Å². The molecule has 0 aromatic heterocycles. The lowest BCUT2D eigenvalue weighted by atomic mass is 9.89. The van der Waals surface area contributed by atoms with Crippen LogP contribution in [0.5, 0.6) is 0 Å². The number of benzene rings is 1. The Kier molecular flexibility index (Phi) is 3.05. The van der Waals surface area contributed by atoms with E-state index in [1.807, 2.05) is 0 Å². The van der Waals surface area contributed by atoms with Crippen molar-refractivity contribution in [2.75, 3.05) is 0 Å². The number of piperidine rings is 1. The highest BCUT2D eigenvalue weighted by molar-refractivity contribution is 9.10. The van der Waals surface area contributed by atoms with Crippen LogP contribution in [0.25, 0.3) is 0 Å². The summed E-state index contributed by atoms with van der Waals surface area (Å²) in [7, 11) is 0. The molecule has 16 heavy (non-hydrogen) atoms. The molecule has 1 saturated heterocycles. The second-order valence-corrected chi connectivity index (χ2v) is 4.60. The van der Waals surface area contributed by atoms with Crippen LogP contribution in [0.3, 0.4) is 0 Å². The fraction of sp³-hybridized carbons (Fsp3) is 0.273. The molecule has 0 saturated carbocycles. The van der Waals surface area contributed by atoms with Gasteiger partial charge >= 0.3 is 0 Å². The molecule has 2 amide bonds. The first-order chi connectivity index (χ1) is 7.56. The summed E-state index contributed by atoms with van der Waals surface area (Å²) in [5.41, 5.74) is 0.670. The molecule has 1 aliphatic heterocycles. The topological polar surface area (TPSA) is 46.2 Å². The highest BCUT2D eigenvalue weighted by atomic mass is 79.9. The van der Waals surface area contributed by atoms with Crippen molar-refractivity contribution in [1.82, 2.24) is 5.32 Å². The molecule has 1 aliphatic rings. The number of carbonyl (C=O) groups is 2. The molecule has 0 bridgehead atoms. The molecule has 1 aromatic carbocycles. The fourth-order valence-electron chi connectivity index (χ4n) is 1.82. The first-order valence-corrected chi connectivity index (χ1v) is 5.63. The number of nitrogens with one attached hydrogen (secondary N) is 1. The van der Waals surface area contributed by atoms with Crippen LogP contribution in [-0.4, -0.2) is 11.8 Å². The molecule has 1 N–H and O–H groups in total. The Hall–Kier alpha value is -1.23. The zero-order chi connectivity index (χ0) is 11.7. The highest BCUT2D eigenvalue weighted by Gasteiger charge is 2.27. The van der Waals surface area contributed by atoms with Crippen LogP contribution in [0, 0.1) is 5.82 Å². The number of rotatable bonds is 1. The summed E-state index contributed by atoms with van der Waals surface area (Å²) in [5, 5.41) is 2.23. The molecule has 0 radical (unpaired) electrons. The zero-order valence-electron chi connectivity index (χ0n) is 8.30. The summed E-state index contributed by atoms with van der Waals surface area (Å²) < 4.78 is 13.8. The van der Waals surface area contributed by atoms with E-state index in [1.54, 1.807) is 6.07 Å². The van der Waals surface area contributed by atoms with Crippen LogP contribution in [0.2, 0.25) is 0 Å². The van der Waals surface area contributed by atoms with Gasteiger partial charge in [0.15, 0.2) is 0 Å². The largest absolute Gasteiger partial charge is 0.296 e. The van der Waals surface area contributed by atoms with E-state index in [0.29, 0.717) is 5.56 Å². The maximum Gasteiger partial charge on any atom is 0.227 e. The predicted octanol–water partition coefficient (Wildman–Crippen LogP) is 2.11. The summed E-state index contributed by atoms with van der Waals surface area (Å²) >= 11 is 3.30. The van der Waals surface area contributed by atoms with Gasteiger partial charge in [-0.05, 0) is 23.8 Å². The van der Waals surface area contributed by atoms with Gasteiger partial charge in [0.05, 0.1) is 0 Å². The van der Waals surface area contributed by atoms with E-state index >= 15 is 0 Å². The summed E-state index contributed by atoms with van der Waals surface area (Å²) in [6.45, 7) is 0. The lowest BCUT2D eigenvalue weighted by molar-refractivity contribution is -0.133. The maximum atomic E-state index is 13.1. The minimum atomic E-state index is -0.364. The number of amides is 2. The van der Waals surface area contributed by atoms with Crippen molar-refractivity contribution in [2.24, 2.45) is 0 Å². The van der Waals surface area contributed by atoms with Crippen molar-refractivity contribution in [3.05, 3.63) is 34.1 Å². The molecule has 5 heteroatoms. The average Bonchev–Trinajstić information content (AvgIpc) is 2.20. The molecular weight excluding hydrogens is 277 g/mol. The van der Waals surface area contributed by atoms with Gasteiger partial charge in [-0.25, -0.2) is 4.39 Å². The smallest absolute Gasteiger partial charge is 0.227 e. The Morgan fingerprint density at radius 3 is 2.50 bits per heavy atom. The van der Waals surface area contributed by atoms with Gasteiger partial charge < -0.3 is 0 Å². The fourth-order valence-corrected chi connectivity index (χ4v) is 2.40. The second kappa shape index (κ2) is 4.33. The van der Waals surface area contributed by atoms with Gasteiger partial charge in [-0.1, -0.05) is 15.9 Å². The van der Waals surface area contributed by atoms with Crippen molar-refractivity contribution in [1.29, 1.82) is 0 Å². The van der Waals surface area contributed by atoms with Crippen LogP contribution < -0.4 is 5.32 Å². The van der Waals surface area contributed by atoms with E-state index in [4.69, 9.17) is 0 Å². The Balaban J connectivity index is 2.32. The van der Waals surface area contributed by atoms with Crippen LogP contribution >= 0.6 is 15.9 Å². The summed E-state index contributed by atoms with van der Waals surface area (Å²) in [6, 6.07) is 4.28. The predicted molar refractivity (Wildman–Crippen MR) is 59.2 cm³/mol. The molecule has 84 valence electrons. The van der Waals surface area contributed by atoms with Crippen molar-refractivity contribution < 1.29 is 14.0 Å². The zero-order valence-corrected chi connectivity index (χ0v) is 9.88. The van der Waals surface area contributed by atoms with Crippen LogP contribution in [0.1, 0.15) is 24.3 Å². The van der Waals surface area contributed by atoms with Crippen LogP contribution in [-0.2, 0) is 9.59 Å². The minimum absolute atomic E-state index is 0.216. The highest BCUT2D eigenvalue weighted by Crippen LogP contribution is 2.32. The minimum Gasteiger partial charge on any atom is -0.296 e. The van der Waals surface area contributed by atoms with Gasteiger partial charge in [-0.3, -0.25) is 14.9 Å². The van der Waals surface area contributed by atoms with Gasteiger partial charge in [0.2, 0.25) is 11.8 Å². The molecule has 2 rings (SSSR count). The summed E-state index contributed by atoms with van der Waals surface area (Å²) in [4.78, 5) is 22.4. The third-order valence-corrected chi connectivity index (χ3v) is 3.26. The van der Waals surface area contributed by atoms with Gasteiger partial charge in [0.25, 0.3) is 0 Å². The average molecular weight is 286 g/mol. The molecule has 0 unspecified atom stereocenters. The van der Waals surface area contributed by atoms with E-state index in [-0.39, 0.29) is 36.4 Å². The third kappa shape index (κ3) is 2.29.